The minimum Gasteiger partial charge on any atom is -0.474 e. The van der Waals surface area contributed by atoms with Crippen molar-refractivity contribution in [1.29, 1.82) is 0 Å². The molecule has 30 heavy (non-hydrogen) atoms. The van der Waals surface area contributed by atoms with Crippen molar-refractivity contribution in [3.05, 3.63) is 34.5 Å². The van der Waals surface area contributed by atoms with E-state index in [4.69, 9.17) is 14.6 Å². The van der Waals surface area contributed by atoms with Gasteiger partial charge in [0.1, 0.15) is 17.6 Å². The predicted octanol–water partition coefficient (Wildman–Crippen LogP) is 2.20. The molecule has 2 aromatic rings. The van der Waals surface area contributed by atoms with Crippen molar-refractivity contribution in [2.45, 2.75) is 56.1 Å². The van der Waals surface area contributed by atoms with Gasteiger partial charge in [0.2, 0.25) is 5.88 Å². The zero-order valence-corrected chi connectivity index (χ0v) is 17.7. The molecule has 0 spiro atoms. The molecule has 0 bridgehead atoms. The number of hydrogen-bond donors (Lipinski definition) is 2. The first kappa shape index (κ1) is 19.5. The van der Waals surface area contributed by atoms with E-state index >= 15 is 0 Å². The van der Waals surface area contributed by atoms with Crippen LogP contribution in [0.3, 0.4) is 0 Å². The number of anilines is 1. The standard InChI is InChI=1S/C20H25N5O4S/c1-28-14-10-25-19(29-11-14)17(9-22-25)30(21,27)24-20(26)23-18-15-6-2-4-12(15)8-13-5-3-7-16(13)18/h8-9,14H,2-7,10-11H2,1H3,(H3,21,23,24,26,27)/t14-,30+/m1/s1. The smallest absolute Gasteiger partial charge is 0.354 e. The van der Waals surface area contributed by atoms with Gasteiger partial charge in [0.05, 0.1) is 12.7 Å². The van der Waals surface area contributed by atoms with E-state index < -0.39 is 15.9 Å². The lowest BCUT2D eigenvalue weighted by atomic mass is 9.99. The fraction of sp³-hybridized carbons (Fsp3) is 0.500. The molecule has 2 atom stereocenters. The number of carbonyl (C=O) groups excluding carboxylic acids is 1. The van der Waals surface area contributed by atoms with Gasteiger partial charge < -0.3 is 14.8 Å². The highest BCUT2D eigenvalue weighted by Gasteiger charge is 2.29. The van der Waals surface area contributed by atoms with Gasteiger partial charge in [-0.1, -0.05) is 6.07 Å². The molecule has 1 aromatic heterocycles. The summed E-state index contributed by atoms with van der Waals surface area (Å²) in [5.74, 6) is 0.272. The van der Waals surface area contributed by atoms with Crippen LogP contribution in [0.1, 0.15) is 35.1 Å². The van der Waals surface area contributed by atoms with Crippen LogP contribution in [0.15, 0.2) is 21.5 Å². The summed E-state index contributed by atoms with van der Waals surface area (Å²) in [6.07, 6.45) is 7.27. The second kappa shape index (κ2) is 7.36. The van der Waals surface area contributed by atoms with Gasteiger partial charge in [-0.2, -0.15) is 5.10 Å². The first-order valence-corrected chi connectivity index (χ1v) is 11.8. The summed E-state index contributed by atoms with van der Waals surface area (Å²) in [5.41, 5.74) is 5.80. The molecule has 1 aromatic carbocycles. The first-order chi connectivity index (χ1) is 14.5. The zero-order chi connectivity index (χ0) is 20.9. The minimum absolute atomic E-state index is 0.121. The maximum absolute atomic E-state index is 13.1. The number of nitrogens with two attached hydrogens (primary N) is 1. The Hall–Kier alpha value is -2.43. The van der Waals surface area contributed by atoms with Gasteiger partial charge in [-0.3, -0.25) is 0 Å². The second-order valence-corrected chi connectivity index (χ2v) is 9.75. The number of aryl methyl sites for hydroxylation is 2. The van der Waals surface area contributed by atoms with Crippen LogP contribution < -0.4 is 15.2 Å². The summed E-state index contributed by atoms with van der Waals surface area (Å²) in [7, 11) is -1.93. The Kier molecular flexibility index (Phi) is 4.79. The van der Waals surface area contributed by atoms with E-state index in [1.54, 1.807) is 7.11 Å². The Morgan fingerprint density at radius 3 is 2.67 bits per heavy atom. The molecule has 3 N–H and O–H groups in total. The second-order valence-electron chi connectivity index (χ2n) is 7.99. The molecule has 10 heteroatoms. The predicted molar refractivity (Wildman–Crippen MR) is 111 cm³/mol. The van der Waals surface area contributed by atoms with Crippen molar-refractivity contribution in [2.24, 2.45) is 9.50 Å². The summed E-state index contributed by atoms with van der Waals surface area (Å²) in [6.45, 7) is 0.745. The molecular weight excluding hydrogens is 406 g/mol. The lowest BCUT2D eigenvalue weighted by Gasteiger charge is -2.23. The SMILES string of the molecule is CO[C@H]1COc2c([S@@](N)(=O)=NC(=O)Nc3c4c(cc5c3CCC5)CCC4)cnn2C1. The van der Waals surface area contributed by atoms with E-state index in [1.165, 1.54) is 33.1 Å². The number of ether oxygens (including phenoxy) is 2. The molecule has 0 fully saturated rings. The highest BCUT2D eigenvalue weighted by Crippen LogP contribution is 2.38. The average molecular weight is 432 g/mol. The Balaban J connectivity index is 1.45. The highest BCUT2D eigenvalue weighted by molar-refractivity contribution is 7.91. The number of urea groups is 1. The number of carbonyl (C=O) groups is 1. The van der Waals surface area contributed by atoms with Gasteiger partial charge in [-0.25, -0.2) is 18.8 Å². The quantitative estimate of drug-likeness (QED) is 0.772. The zero-order valence-electron chi connectivity index (χ0n) is 16.8. The molecule has 9 nitrogen and oxygen atoms in total. The van der Waals surface area contributed by atoms with Crippen LogP contribution >= 0.6 is 0 Å². The molecule has 2 heterocycles. The molecule has 1 aliphatic heterocycles. The van der Waals surface area contributed by atoms with Gasteiger partial charge >= 0.3 is 6.03 Å². The van der Waals surface area contributed by atoms with E-state index in [1.807, 2.05) is 0 Å². The molecular formula is C20H25N5O4S. The van der Waals surface area contributed by atoms with Crippen LogP contribution in [-0.4, -0.2) is 39.8 Å². The summed E-state index contributed by atoms with van der Waals surface area (Å²) in [6, 6.07) is 1.58. The number of hydrogen-bond acceptors (Lipinski definition) is 5. The molecule has 0 radical (unpaired) electrons. The summed E-state index contributed by atoms with van der Waals surface area (Å²) in [4.78, 5) is 12.9. The van der Waals surface area contributed by atoms with Crippen molar-refractivity contribution < 1.29 is 18.5 Å². The van der Waals surface area contributed by atoms with Gasteiger partial charge in [0.25, 0.3) is 0 Å². The maximum atomic E-state index is 13.1. The Bertz CT molecular complexity index is 1120. The van der Waals surface area contributed by atoms with E-state index in [-0.39, 0.29) is 16.9 Å². The topological polar surface area (TPSA) is 121 Å². The molecule has 5 rings (SSSR count). The molecule has 2 amide bonds. The van der Waals surface area contributed by atoms with Gasteiger partial charge in [0.15, 0.2) is 9.92 Å². The number of aromatic nitrogens is 2. The van der Waals surface area contributed by atoms with Crippen molar-refractivity contribution in [2.75, 3.05) is 19.0 Å². The van der Waals surface area contributed by atoms with Crippen LogP contribution in [-0.2, 0) is 46.9 Å². The van der Waals surface area contributed by atoms with Crippen molar-refractivity contribution >= 4 is 21.6 Å². The van der Waals surface area contributed by atoms with Gasteiger partial charge in [0, 0.05) is 12.8 Å². The van der Waals surface area contributed by atoms with Crippen molar-refractivity contribution in [3.8, 4) is 5.88 Å². The summed E-state index contributed by atoms with van der Waals surface area (Å²) >= 11 is 0. The third-order valence-electron chi connectivity index (χ3n) is 6.11. The summed E-state index contributed by atoms with van der Waals surface area (Å²) < 4.78 is 29.4. The first-order valence-electron chi connectivity index (χ1n) is 10.2. The Labute approximate surface area is 175 Å². The molecule has 0 unspecified atom stereocenters. The molecule has 160 valence electrons. The van der Waals surface area contributed by atoms with Crippen molar-refractivity contribution in [1.82, 2.24) is 9.78 Å². The monoisotopic (exact) mass is 431 g/mol. The molecule has 0 saturated heterocycles. The number of rotatable bonds is 3. The van der Waals surface area contributed by atoms with Crippen molar-refractivity contribution in [3.63, 3.8) is 0 Å². The fourth-order valence-electron chi connectivity index (χ4n) is 4.66. The van der Waals surface area contributed by atoms with E-state index in [0.717, 1.165) is 44.2 Å². The minimum atomic E-state index is -3.52. The van der Waals surface area contributed by atoms with Crippen LogP contribution in [0.5, 0.6) is 5.88 Å². The number of nitrogens with zero attached hydrogens (tertiary/aromatic N) is 3. The summed E-state index contributed by atoms with van der Waals surface area (Å²) in [5, 5.41) is 13.1. The third kappa shape index (κ3) is 3.28. The van der Waals surface area contributed by atoms with E-state index in [9.17, 15) is 9.00 Å². The van der Waals surface area contributed by atoms with Crippen LogP contribution in [0.25, 0.3) is 0 Å². The third-order valence-corrected chi connectivity index (χ3v) is 7.46. The lowest BCUT2D eigenvalue weighted by Crippen LogP contribution is -2.32. The van der Waals surface area contributed by atoms with Gasteiger partial charge in [-0.15, -0.1) is 4.36 Å². The number of benzene rings is 1. The van der Waals surface area contributed by atoms with Crippen LogP contribution in [0.2, 0.25) is 0 Å². The number of fused-ring (bicyclic) bond motifs is 3. The van der Waals surface area contributed by atoms with Gasteiger partial charge in [-0.05, 0) is 60.8 Å². The number of amides is 2. The number of methoxy groups -OCH3 is 1. The Morgan fingerprint density at radius 2 is 2.00 bits per heavy atom. The average Bonchev–Trinajstić information content (AvgIpc) is 3.45. The maximum Gasteiger partial charge on any atom is 0.354 e. The lowest BCUT2D eigenvalue weighted by molar-refractivity contribution is 0.0165. The van der Waals surface area contributed by atoms with E-state index in [2.05, 4.69) is 20.8 Å². The highest BCUT2D eigenvalue weighted by atomic mass is 32.2. The van der Waals surface area contributed by atoms with Crippen LogP contribution in [0, 0.1) is 0 Å². The largest absolute Gasteiger partial charge is 0.474 e. The number of nitrogens with one attached hydrogen (secondary N) is 1. The molecule has 0 saturated carbocycles. The fourth-order valence-corrected chi connectivity index (χ4v) is 5.67. The normalized spacial score (nSPS) is 21.2. The molecule has 2 aliphatic carbocycles. The molecule has 3 aliphatic rings. The Morgan fingerprint density at radius 1 is 1.30 bits per heavy atom. The van der Waals surface area contributed by atoms with E-state index in [0.29, 0.717) is 13.2 Å². The van der Waals surface area contributed by atoms with Crippen LogP contribution in [0.4, 0.5) is 10.5 Å².